The van der Waals surface area contributed by atoms with Gasteiger partial charge in [0.25, 0.3) is 5.56 Å². The highest BCUT2D eigenvalue weighted by Crippen LogP contribution is 2.31. The molecule has 23 heavy (non-hydrogen) atoms. The van der Waals surface area contributed by atoms with Crippen LogP contribution in [0, 0.1) is 5.82 Å². The van der Waals surface area contributed by atoms with Gasteiger partial charge in [0.2, 0.25) is 0 Å². The number of nitrogens with one attached hydrogen (secondary N) is 1. The van der Waals surface area contributed by atoms with Crippen molar-refractivity contribution in [3.05, 3.63) is 57.3 Å². The molecule has 0 aliphatic rings. The smallest absolute Gasteiger partial charge is 0.340 e. The maximum Gasteiger partial charge on any atom is 0.340 e. The third-order valence-electron chi connectivity index (χ3n) is 3.65. The highest BCUT2D eigenvalue weighted by molar-refractivity contribution is 5.99. The van der Waals surface area contributed by atoms with Gasteiger partial charge in [-0.05, 0) is 23.6 Å². The van der Waals surface area contributed by atoms with Crippen molar-refractivity contribution in [2.75, 3.05) is 7.11 Å². The van der Waals surface area contributed by atoms with Gasteiger partial charge < -0.3 is 15.5 Å². The molecular weight excluding hydrogens is 299 g/mol. The topological polar surface area (TPSA) is 85.2 Å². The number of carbonyl (C=O) groups is 1. The van der Waals surface area contributed by atoms with Gasteiger partial charge in [-0.2, -0.15) is 0 Å². The molecule has 5 nitrogen and oxygen atoms in total. The van der Waals surface area contributed by atoms with Gasteiger partial charge >= 0.3 is 5.97 Å². The van der Waals surface area contributed by atoms with Crippen LogP contribution in [0.1, 0.15) is 41.4 Å². The van der Waals surface area contributed by atoms with Crippen LogP contribution in [-0.4, -0.2) is 18.1 Å². The lowest BCUT2D eigenvalue weighted by molar-refractivity contribution is 0.0599. The maximum absolute atomic E-state index is 13.2. The van der Waals surface area contributed by atoms with E-state index in [2.05, 4.69) is 4.98 Å². The molecule has 1 aromatic carbocycles. The molecule has 1 heterocycles. The van der Waals surface area contributed by atoms with Gasteiger partial charge in [0.1, 0.15) is 5.82 Å². The Balaban J connectivity index is 2.92. The largest absolute Gasteiger partial charge is 0.465 e. The van der Waals surface area contributed by atoms with Crippen molar-refractivity contribution in [3.63, 3.8) is 0 Å². The fraction of sp³-hybridized carbons (Fsp3) is 0.294. The van der Waals surface area contributed by atoms with E-state index in [0.717, 1.165) is 0 Å². The molecule has 122 valence electrons. The molecule has 6 heteroatoms. The lowest BCUT2D eigenvalue weighted by Gasteiger charge is -2.18. The number of esters is 1. The second kappa shape index (κ2) is 6.75. The Labute approximate surface area is 133 Å². The number of aromatic nitrogens is 1. The molecule has 0 saturated heterocycles. The molecule has 0 aliphatic heterocycles. The van der Waals surface area contributed by atoms with Crippen molar-refractivity contribution < 1.29 is 13.9 Å². The predicted molar refractivity (Wildman–Crippen MR) is 85.8 cm³/mol. The van der Waals surface area contributed by atoms with Gasteiger partial charge in [-0.25, -0.2) is 9.18 Å². The Hall–Kier alpha value is -2.47. The zero-order chi connectivity index (χ0) is 17.1. The Bertz CT molecular complexity index is 780. The average molecular weight is 318 g/mol. The highest BCUT2D eigenvalue weighted by atomic mass is 19.1. The van der Waals surface area contributed by atoms with Crippen molar-refractivity contribution in [1.82, 2.24) is 4.98 Å². The van der Waals surface area contributed by atoms with Gasteiger partial charge in [0.05, 0.1) is 12.7 Å². The van der Waals surface area contributed by atoms with Crippen LogP contribution in [0.2, 0.25) is 0 Å². The number of hydrogen-bond acceptors (Lipinski definition) is 4. The summed E-state index contributed by atoms with van der Waals surface area (Å²) in [4.78, 5) is 27.4. The Morgan fingerprint density at radius 1 is 1.30 bits per heavy atom. The van der Waals surface area contributed by atoms with Crippen LogP contribution in [0.3, 0.4) is 0 Å². The fourth-order valence-corrected chi connectivity index (χ4v) is 2.54. The van der Waals surface area contributed by atoms with Crippen LogP contribution in [0.25, 0.3) is 11.1 Å². The minimum Gasteiger partial charge on any atom is -0.465 e. The van der Waals surface area contributed by atoms with Crippen LogP contribution < -0.4 is 11.3 Å². The first-order chi connectivity index (χ1) is 10.9. The van der Waals surface area contributed by atoms with Gasteiger partial charge in [0, 0.05) is 23.4 Å². The summed E-state index contributed by atoms with van der Waals surface area (Å²) in [5.41, 5.74) is 7.28. The summed E-state index contributed by atoms with van der Waals surface area (Å²) in [6.07, 6.45) is 0. The monoisotopic (exact) mass is 318 g/mol. The molecule has 0 unspecified atom stereocenters. The number of rotatable bonds is 4. The van der Waals surface area contributed by atoms with Gasteiger partial charge in [0.15, 0.2) is 0 Å². The third-order valence-corrected chi connectivity index (χ3v) is 3.65. The minimum atomic E-state index is -0.570. The molecule has 0 radical (unpaired) electrons. The molecule has 0 atom stereocenters. The van der Waals surface area contributed by atoms with Crippen molar-refractivity contribution in [2.45, 2.75) is 26.3 Å². The number of ether oxygens (including phenoxy) is 1. The molecule has 0 aliphatic carbocycles. The number of carbonyl (C=O) groups excluding carboxylic acids is 1. The van der Waals surface area contributed by atoms with E-state index in [9.17, 15) is 14.0 Å². The Morgan fingerprint density at radius 2 is 1.91 bits per heavy atom. The number of nitrogens with two attached hydrogens (primary N) is 1. The van der Waals surface area contributed by atoms with Gasteiger partial charge in [-0.15, -0.1) is 0 Å². The summed E-state index contributed by atoms with van der Waals surface area (Å²) < 4.78 is 18.1. The molecule has 0 amide bonds. The lowest BCUT2D eigenvalue weighted by Crippen LogP contribution is -2.24. The third kappa shape index (κ3) is 3.17. The molecule has 0 bridgehead atoms. The van der Waals surface area contributed by atoms with E-state index in [4.69, 9.17) is 10.5 Å². The van der Waals surface area contributed by atoms with E-state index in [0.29, 0.717) is 16.8 Å². The van der Waals surface area contributed by atoms with E-state index >= 15 is 0 Å². The number of H-pyrrole nitrogens is 1. The second-order valence-corrected chi connectivity index (χ2v) is 5.45. The summed E-state index contributed by atoms with van der Waals surface area (Å²) in [7, 11) is 1.27. The minimum absolute atomic E-state index is 0.0512. The van der Waals surface area contributed by atoms with E-state index in [1.54, 1.807) is 0 Å². The van der Waals surface area contributed by atoms with E-state index < -0.39 is 11.8 Å². The van der Waals surface area contributed by atoms with Crippen LogP contribution in [0.5, 0.6) is 0 Å². The number of hydrogen-bond donors (Lipinski definition) is 2. The zero-order valence-electron chi connectivity index (χ0n) is 13.3. The number of methoxy groups -OCH3 is 1. The first-order valence-corrected chi connectivity index (χ1v) is 7.24. The number of aromatic amines is 1. The van der Waals surface area contributed by atoms with Crippen molar-refractivity contribution in [3.8, 4) is 11.1 Å². The van der Waals surface area contributed by atoms with Crippen LogP contribution >= 0.6 is 0 Å². The quantitative estimate of drug-likeness (QED) is 0.848. The van der Waals surface area contributed by atoms with Gasteiger partial charge in [-0.3, -0.25) is 4.79 Å². The van der Waals surface area contributed by atoms with Crippen molar-refractivity contribution in [2.24, 2.45) is 5.73 Å². The SMILES string of the molecule is COC(=O)c1c(C(C)C)[nH]c(=O)c(CN)c1-c1ccc(F)cc1. The maximum atomic E-state index is 13.2. The molecule has 3 N–H and O–H groups in total. The normalized spacial score (nSPS) is 10.9. The molecule has 1 aromatic heterocycles. The molecule has 2 aromatic rings. The summed E-state index contributed by atoms with van der Waals surface area (Å²) in [5.74, 6) is -1.08. The second-order valence-electron chi connectivity index (χ2n) is 5.45. The summed E-state index contributed by atoms with van der Waals surface area (Å²) in [6, 6.07) is 5.57. The fourth-order valence-electron chi connectivity index (χ4n) is 2.54. The van der Waals surface area contributed by atoms with E-state index in [1.165, 1.54) is 31.4 Å². The summed E-state index contributed by atoms with van der Waals surface area (Å²) >= 11 is 0. The van der Waals surface area contributed by atoms with E-state index in [-0.39, 0.29) is 29.1 Å². The Kier molecular flexibility index (Phi) is 4.95. The van der Waals surface area contributed by atoms with Crippen LogP contribution in [0.15, 0.2) is 29.1 Å². The first kappa shape index (κ1) is 16.9. The average Bonchev–Trinajstić information content (AvgIpc) is 2.53. The zero-order valence-corrected chi connectivity index (χ0v) is 13.3. The molecule has 0 saturated carbocycles. The van der Waals surface area contributed by atoms with Crippen molar-refractivity contribution in [1.29, 1.82) is 0 Å². The van der Waals surface area contributed by atoms with Crippen LogP contribution in [0.4, 0.5) is 4.39 Å². The first-order valence-electron chi connectivity index (χ1n) is 7.24. The predicted octanol–water partition coefficient (Wildman–Crippen LogP) is 2.55. The highest BCUT2D eigenvalue weighted by Gasteiger charge is 2.25. The standard InChI is InChI=1S/C17H19FN2O3/c1-9(2)15-14(17(22)23-3)13(12(8-19)16(21)20-15)10-4-6-11(18)7-5-10/h4-7,9H,8,19H2,1-3H3,(H,20,21). The van der Waals surface area contributed by atoms with Gasteiger partial charge in [-0.1, -0.05) is 26.0 Å². The number of halogens is 1. The lowest BCUT2D eigenvalue weighted by atomic mass is 9.91. The summed E-state index contributed by atoms with van der Waals surface area (Å²) in [6.45, 7) is 3.66. The van der Waals surface area contributed by atoms with Crippen LogP contribution in [-0.2, 0) is 11.3 Å². The molecule has 0 spiro atoms. The molecule has 2 rings (SSSR count). The van der Waals surface area contributed by atoms with Crippen molar-refractivity contribution >= 4 is 5.97 Å². The Morgan fingerprint density at radius 3 is 2.39 bits per heavy atom. The molecular formula is C17H19FN2O3. The molecule has 0 fully saturated rings. The summed E-state index contributed by atoms with van der Waals surface area (Å²) in [5, 5.41) is 0. The number of pyridine rings is 1. The number of benzene rings is 1. The van der Waals surface area contributed by atoms with E-state index in [1.807, 2.05) is 13.8 Å².